The van der Waals surface area contributed by atoms with E-state index in [-0.39, 0.29) is 0 Å². The van der Waals surface area contributed by atoms with Gasteiger partial charge in [-0.2, -0.15) is 5.48 Å². The molecule has 8 heteroatoms. The Kier molecular flexibility index (Phi) is 5.12. The molecule has 0 fully saturated rings. The highest BCUT2D eigenvalue weighted by Crippen LogP contribution is 2.50. The third kappa shape index (κ3) is 2.75. The molecule has 0 heterocycles. The summed E-state index contributed by atoms with van der Waals surface area (Å²) in [5.74, 6) is -2.47. The first-order chi connectivity index (χ1) is 6.05. The molecular weight excluding hydrogens is 201 g/mol. The zero-order chi connectivity index (χ0) is 10.5. The van der Waals surface area contributed by atoms with Crippen molar-refractivity contribution >= 4 is 13.6 Å². The van der Waals surface area contributed by atoms with Gasteiger partial charge < -0.3 is 19.0 Å². The van der Waals surface area contributed by atoms with E-state index in [2.05, 4.69) is 13.8 Å². The Bertz CT molecular complexity index is 211. The molecule has 0 amide bonds. The lowest BCUT2D eigenvalue weighted by Gasteiger charge is -2.20. The topological polar surface area (TPSA) is 94.1 Å². The van der Waals surface area contributed by atoms with Gasteiger partial charge in [0.15, 0.2) is 0 Å². The second kappa shape index (κ2) is 5.31. The fourth-order valence-electron chi connectivity index (χ4n) is 0.649. The molecule has 0 bridgehead atoms. The summed E-state index contributed by atoms with van der Waals surface area (Å²) in [5.41, 5.74) is 1.51. The number of hydroxylamine groups is 1. The van der Waals surface area contributed by atoms with Gasteiger partial charge in [-0.1, -0.05) is 0 Å². The van der Waals surface area contributed by atoms with Crippen LogP contribution in [0.2, 0.25) is 0 Å². The molecule has 2 N–H and O–H groups in total. The van der Waals surface area contributed by atoms with Gasteiger partial charge in [0.25, 0.3) is 0 Å². The number of ether oxygens (including phenoxy) is 1. The van der Waals surface area contributed by atoms with E-state index < -0.39 is 19.3 Å². The van der Waals surface area contributed by atoms with Gasteiger partial charge in [-0.05, 0) is 0 Å². The van der Waals surface area contributed by atoms with Crippen LogP contribution in [0.1, 0.15) is 0 Å². The quantitative estimate of drug-likeness (QED) is 0.375. The number of nitrogens with one attached hydrogen (secondary N) is 1. The summed E-state index contributed by atoms with van der Waals surface area (Å²) in [4.78, 5) is 10.9. The van der Waals surface area contributed by atoms with Crippen molar-refractivity contribution in [2.45, 2.75) is 5.78 Å². The maximum absolute atomic E-state index is 11.5. The average molecular weight is 213 g/mol. The third-order valence-electron chi connectivity index (χ3n) is 1.37. The van der Waals surface area contributed by atoms with Gasteiger partial charge in [-0.15, -0.1) is 0 Å². The zero-order valence-corrected chi connectivity index (χ0v) is 8.41. The van der Waals surface area contributed by atoms with Crippen molar-refractivity contribution in [3.05, 3.63) is 0 Å². The van der Waals surface area contributed by atoms with E-state index in [0.29, 0.717) is 0 Å². The lowest BCUT2D eigenvalue weighted by molar-refractivity contribution is -0.143. The highest BCUT2D eigenvalue weighted by atomic mass is 31.2. The first-order valence-electron chi connectivity index (χ1n) is 3.24. The molecule has 7 nitrogen and oxygen atoms in total. The highest BCUT2D eigenvalue weighted by molar-refractivity contribution is 7.55. The summed E-state index contributed by atoms with van der Waals surface area (Å²) in [5, 5.41) is 8.54. The van der Waals surface area contributed by atoms with Gasteiger partial charge in [0.05, 0.1) is 7.11 Å². The van der Waals surface area contributed by atoms with Crippen LogP contribution in [0.3, 0.4) is 0 Å². The van der Waals surface area contributed by atoms with Crippen LogP contribution in [0.5, 0.6) is 0 Å². The van der Waals surface area contributed by atoms with Crippen LogP contribution in [0, 0.1) is 0 Å². The van der Waals surface area contributed by atoms with Gasteiger partial charge in [-0.25, -0.2) is 4.79 Å². The fraction of sp³-hybridized carbons (Fsp3) is 0.800. The maximum atomic E-state index is 11.5. The molecule has 0 aromatic heterocycles. The van der Waals surface area contributed by atoms with Gasteiger partial charge in [0.2, 0.25) is 5.78 Å². The molecule has 1 atom stereocenters. The van der Waals surface area contributed by atoms with Crippen molar-refractivity contribution in [2.75, 3.05) is 21.3 Å². The molecular formula is C5H12NO6P. The van der Waals surface area contributed by atoms with E-state index >= 15 is 0 Å². The van der Waals surface area contributed by atoms with Crippen LogP contribution < -0.4 is 5.48 Å². The van der Waals surface area contributed by atoms with Crippen LogP contribution in [0.4, 0.5) is 0 Å². The minimum Gasteiger partial charge on any atom is -0.467 e. The van der Waals surface area contributed by atoms with Crippen molar-refractivity contribution in [1.29, 1.82) is 0 Å². The Labute approximate surface area is 75.5 Å². The first kappa shape index (κ1) is 12.5. The first-order valence-corrected chi connectivity index (χ1v) is 4.85. The monoisotopic (exact) mass is 213 g/mol. The summed E-state index contributed by atoms with van der Waals surface area (Å²) < 4.78 is 24.7. The molecule has 0 aliphatic heterocycles. The van der Waals surface area contributed by atoms with Crippen LogP contribution >= 0.6 is 7.60 Å². The molecule has 0 radical (unpaired) electrons. The van der Waals surface area contributed by atoms with E-state index in [1.165, 1.54) is 5.48 Å². The minimum atomic E-state index is -3.70. The Morgan fingerprint density at radius 1 is 1.38 bits per heavy atom. The van der Waals surface area contributed by atoms with Crippen LogP contribution in [0.15, 0.2) is 0 Å². The number of esters is 1. The van der Waals surface area contributed by atoms with E-state index in [4.69, 9.17) is 5.21 Å². The molecule has 0 saturated heterocycles. The maximum Gasteiger partial charge on any atom is 0.360 e. The molecule has 78 valence electrons. The summed E-state index contributed by atoms with van der Waals surface area (Å²) in [6.07, 6.45) is 0. The van der Waals surface area contributed by atoms with Crippen LogP contribution in [-0.2, 0) is 23.1 Å². The Balaban J connectivity index is 4.73. The van der Waals surface area contributed by atoms with Crippen molar-refractivity contribution in [1.82, 2.24) is 5.48 Å². The Morgan fingerprint density at radius 3 is 2.08 bits per heavy atom. The Morgan fingerprint density at radius 2 is 1.85 bits per heavy atom. The number of hydrogen-bond acceptors (Lipinski definition) is 7. The van der Waals surface area contributed by atoms with Gasteiger partial charge in [-0.3, -0.25) is 4.57 Å². The molecule has 13 heavy (non-hydrogen) atoms. The molecule has 0 aliphatic carbocycles. The van der Waals surface area contributed by atoms with E-state index in [1.54, 1.807) is 0 Å². The second-order valence-corrected chi connectivity index (χ2v) is 4.29. The normalized spacial score (nSPS) is 13.8. The van der Waals surface area contributed by atoms with E-state index in [1.807, 2.05) is 0 Å². The zero-order valence-electron chi connectivity index (χ0n) is 7.51. The van der Waals surface area contributed by atoms with Gasteiger partial charge >= 0.3 is 13.6 Å². The number of rotatable bonds is 5. The molecule has 0 aliphatic rings. The predicted octanol–water partition coefficient (Wildman–Crippen LogP) is -0.0498. The van der Waals surface area contributed by atoms with Crippen molar-refractivity contribution in [3.63, 3.8) is 0 Å². The summed E-state index contributed by atoms with van der Waals surface area (Å²) in [6.45, 7) is 0. The lowest BCUT2D eigenvalue weighted by Crippen LogP contribution is -2.36. The second-order valence-electron chi connectivity index (χ2n) is 1.96. The molecule has 0 rings (SSSR count). The van der Waals surface area contributed by atoms with Gasteiger partial charge in [0.1, 0.15) is 0 Å². The van der Waals surface area contributed by atoms with Crippen LogP contribution in [-0.4, -0.2) is 38.3 Å². The predicted molar refractivity (Wildman–Crippen MR) is 42.4 cm³/mol. The molecule has 0 saturated carbocycles. The number of methoxy groups -OCH3 is 1. The van der Waals surface area contributed by atoms with E-state index in [0.717, 1.165) is 21.3 Å². The minimum absolute atomic E-state index is 0.936. The largest absolute Gasteiger partial charge is 0.467 e. The third-order valence-corrected chi connectivity index (χ3v) is 3.35. The smallest absolute Gasteiger partial charge is 0.360 e. The van der Waals surface area contributed by atoms with Gasteiger partial charge in [0, 0.05) is 14.2 Å². The molecule has 1 unspecified atom stereocenters. The van der Waals surface area contributed by atoms with Crippen molar-refractivity contribution < 1.29 is 28.4 Å². The number of hydrogen-bond donors (Lipinski definition) is 2. The average Bonchev–Trinajstić information content (AvgIpc) is 2.18. The fourth-order valence-corrected chi connectivity index (χ4v) is 1.73. The SMILES string of the molecule is COC(=O)C(NO)P(=O)(OC)OC. The Hall–Kier alpha value is -0.460. The van der Waals surface area contributed by atoms with Crippen molar-refractivity contribution in [3.8, 4) is 0 Å². The van der Waals surface area contributed by atoms with Crippen molar-refractivity contribution in [2.24, 2.45) is 0 Å². The summed E-state index contributed by atoms with van der Waals surface area (Å²) >= 11 is 0. The van der Waals surface area contributed by atoms with E-state index in [9.17, 15) is 9.36 Å². The summed E-state index contributed by atoms with van der Waals surface area (Å²) in [7, 11) is -0.424. The summed E-state index contributed by atoms with van der Waals surface area (Å²) in [6, 6.07) is 0. The number of carbonyl (C=O) groups is 1. The molecule has 0 aromatic rings. The highest BCUT2D eigenvalue weighted by Gasteiger charge is 2.40. The lowest BCUT2D eigenvalue weighted by atomic mass is 10.7. The molecule has 0 spiro atoms. The standard InChI is InChI=1S/C5H12NO6P/c1-10-5(7)4(6-8)13(9,11-2)12-3/h4,6,8H,1-3H3. The number of carbonyl (C=O) groups excluding carboxylic acids is 1. The molecule has 0 aromatic carbocycles. The van der Waals surface area contributed by atoms with Crippen LogP contribution in [0.25, 0.3) is 0 Å².